The van der Waals surface area contributed by atoms with Crippen molar-refractivity contribution in [1.29, 1.82) is 0 Å². The van der Waals surface area contributed by atoms with E-state index in [9.17, 15) is 5.11 Å². The molecule has 0 aromatic rings. The van der Waals surface area contributed by atoms with Crippen LogP contribution in [-0.2, 0) is 9.47 Å². The highest BCUT2D eigenvalue weighted by Gasteiger charge is 2.45. The lowest BCUT2D eigenvalue weighted by molar-refractivity contribution is -0.166. The molecule has 0 bridgehead atoms. The molecule has 3 aliphatic rings. The molecule has 2 heterocycles. The first-order valence-corrected chi connectivity index (χ1v) is 6.69. The standard InChI is InChI=1S/C13H22O3/c14-12-3-6-15-9-11(12)10-2-7-16-13(8-10)4-1-5-13/h10-12,14H,1-9H2. The predicted molar refractivity (Wildman–Crippen MR) is 60.2 cm³/mol. The highest BCUT2D eigenvalue weighted by Crippen LogP contribution is 2.46. The van der Waals surface area contributed by atoms with Crippen molar-refractivity contribution in [2.45, 2.75) is 50.2 Å². The van der Waals surface area contributed by atoms with Crippen LogP contribution in [0.3, 0.4) is 0 Å². The first-order chi connectivity index (χ1) is 7.79. The monoisotopic (exact) mass is 226 g/mol. The van der Waals surface area contributed by atoms with Crippen LogP contribution in [0.4, 0.5) is 0 Å². The van der Waals surface area contributed by atoms with Crippen LogP contribution in [0.15, 0.2) is 0 Å². The van der Waals surface area contributed by atoms with Gasteiger partial charge in [0, 0.05) is 19.1 Å². The van der Waals surface area contributed by atoms with Gasteiger partial charge in [-0.3, -0.25) is 0 Å². The van der Waals surface area contributed by atoms with Gasteiger partial charge in [0.05, 0.1) is 18.3 Å². The fourth-order valence-electron chi connectivity index (χ4n) is 3.55. The topological polar surface area (TPSA) is 38.7 Å². The molecule has 16 heavy (non-hydrogen) atoms. The van der Waals surface area contributed by atoms with E-state index in [1.165, 1.54) is 19.3 Å². The smallest absolute Gasteiger partial charge is 0.0685 e. The van der Waals surface area contributed by atoms with E-state index in [0.717, 1.165) is 39.1 Å². The lowest BCUT2D eigenvalue weighted by Crippen LogP contribution is -2.49. The maximum Gasteiger partial charge on any atom is 0.0685 e. The molecular formula is C13H22O3. The minimum absolute atomic E-state index is 0.144. The van der Waals surface area contributed by atoms with Crippen molar-refractivity contribution in [1.82, 2.24) is 0 Å². The fourth-order valence-corrected chi connectivity index (χ4v) is 3.55. The van der Waals surface area contributed by atoms with Gasteiger partial charge in [0.15, 0.2) is 0 Å². The first kappa shape index (κ1) is 11.0. The molecule has 92 valence electrons. The van der Waals surface area contributed by atoms with Crippen LogP contribution in [0.25, 0.3) is 0 Å². The number of aliphatic hydroxyl groups excluding tert-OH is 1. The quantitative estimate of drug-likeness (QED) is 0.740. The van der Waals surface area contributed by atoms with E-state index in [1.54, 1.807) is 0 Å². The molecule has 0 aromatic heterocycles. The Balaban J connectivity index is 1.64. The van der Waals surface area contributed by atoms with Crippen LogP contribution in [0.2, 0.25) is 0 Å². The van der Waals surface area contributed by atoms with Crippen molar-refractivity contribution in [3.05, 3.63) is 0 Å². The molecule has 3 heteroatoms. The summed E-state index contributed by atoms with van der Waals surface area (Å²) in [5.74, 6) is 0.972. The summed E-state index contributed by atoms with van der Waals surface area (Å²) in [5.41, 5.74) is 0.195. The summed E-state index contributed by atoms with van der Waals surface area (Å²) in [6.45, 7) is 2.36. The minimum atomic E-state index is -0.144. The van der Waals surface area contributed by atoms with Crippen LogP contribution in [-0.4, -0.2) is 36.6 Å². The molecule has 0 amide bonds. The summed E-state index contributed by atoms with van der Waals surface area (Å²) in [4.78, 5) is 0. The normalized spacial score (nSPS) is 42.9. The lowest BCUT2D eigenvalue weighted by Gasteiger charge is -2.49. The number of aliphatic hydroxyl groups is 1. The summed E-state index contributed by atoms with van der Waals surface area (Å²) < 4.78 is 11.5. The van der Waals surface area contributed by atoms with Gasteiger partial charge >= 0.3 is 0 Å². The highest BCUT2D eigenvalue weighted by molar-refractivity contribution is 4.96. The van der Waals surface area contributed by atoms with Gasteiger partial charge in [0.25, 0.3) is 0 Å². The highest BCUT2D eigenvalue weighted by atomic mass is 16.5. The Morgan fingerprint density at radius 3 is 2.69 bits per heavy atom. The van der Waals surface area contributed by atoms with Gasteiger partial charge in [-0.05, 0) is 44.4 Å². The summed E-state index contributed by atoms with van der Waals surface area (Å²) in [7, 11) is 0. The third-order valence-corrected chi connectivity index (χ3v) is 4.76. The van der Waals surface area contributed by atoms with E-state index >= 15 is 0 Å². The van der Waals surface area contributed by atoms with Crippen LogP contribution < -0.4 is 0 Å². The van der Waals surface area contributed by atoms with E-state index in [2.05, 4.69) is 0 Å². The van der Waals surface area contributed by atoms with Crippen molar-refractivity contribution < 1.29 is 14.6 Å². The van der Waals surface area contributed by atoms with E-state index in [-0.39, 0.29) is 11.7 Å². The maximum atomic E-state index is 10.1. The number of rotatable bonds is 1. The molecule has 3 rings (SSSR count). The SMILES string of the molecule is OC1CCOCC1C1CCOC2(CCC2)C1. The Morgan fingerprint density at radius 2 is 2.00 bits per heavy atom. The van der Waals surface area contributed by atoms with Crippen molar-refractivity contribution in [2.75, 3.05) is 19.8 Å². The van der Waals surface area contributed by atoms with Crippen molar-refractivity contribution in [3.8, 4) is 0 Å². The van der Waals surface area contributed by atoms with Crippen LogP contribution in [0, 0.1) is 11.8 Å². The molecule has 0 radical (unpaired) electrons. The van der Waals surface area contributed by atoms with Crippen molar-refractivity contribution in [2.24, 2.45) is 11.8 Å². The Kier molecular flexibility index (Phi) is 2.94. The molecule has 3 nitrogen and oxygen atoms in total. The van der Waals surface area contributed by atoms with Gasteiger partial charge in [0.2, 0.25) is 0 Å². The van der Waals surface area contributed by atoms with Crippen LogP contribution >= 0.6 is 0 Å². The first-order valence-electron chi connectivity index (χ1n) is 6.69. The molecule has 1 spiro atoms. The molecule has 3 unspecified atom stereocenters. The largest absolute Gasteiger partial charge is 0.393 e. The van der Waals surface area contributed by atoms with Crippen molar-refractivity contribution in [3.63, 3.8) is 0 Å². The second-order valence-corrected chi connectivity index (χ2v) is 5.73. The van der Waals surface area contributed by atoms with Gasteiger partial charge in [-0.15, -0.1) is 0 Å². The third kappa shape index (κ3) is 1.89. The maximum absolute atomic E-state index is 10.1. The Labute approximate surface area is 97.1 Å². The van der Waals surface area contributed by atoms with E-state index in [4.69, 9.17) is 9.47 Å². The third-order valence-electron chi connectivity index (χ3n) is 4.76. The van der Waals surface area contributed by atoms with Gasteiger partial charge in [-0.1, -0.05) is 0 Å². The minimum Gasteiger partial charge on any atom is -0.393 e. The van der Waals surface area contributed by atoms with Crippen LogP contribution in [0.5, 0.6) is 0 Å². The van der Waals surface area contributed by atoms with Gasteiger partial charge in [0.1, 0.15) is 0 Å². The second-order valence-electron chi connectivity index (χ2n) is 5.73. The molecule has 0 aromatic carbocycles. The van der Waals surface area contributed by atoms with Gasteiger partial charge in [-0.2, -0.15) is 0 Å². The number of ether oxygens (including phenoxy) is 2. The number of hydrogen-bond donors (Lipinski definition) is 1. The Hall–Kier alpha value is -0.120. The van der Waals surface area contributed by atoms with Gasteiger partial charge < -0.3 is 14.6 Å². The fraction of sp³-hybridized carbons (Fsp3) is 1.00. The Morgan fingerprint density at radius 1 is 1.12 bits per heavy atom. The average molecular weight is 226 g/mol. The summed E-state index contributed by atoms with van der Waals surface area (Å²) in [5, 5.41) is 10.1. The van der Waals surface area contributed by atoms with E-state index < -0.39 is 0 Å². The second kappa shape index (κ2) is 4.28. The molecular weight excluding hydrogens is 204 g/mol. The summed E-state index contributed by atoms with van der Waals surface area (Å²) >= 11 is 0. The number of hydrogen-bond acceptors (Lipinski definition) is 3. The van der Waals surface area contributed by atoms with Gasteiger partial charge in [-0.25, -0.2) is 0 Å². The van der Waals surface area contributed by atoms with Crippen LogP contribution in [0.1, 0.15) is 38.5 Å². The summed E-state index contributed by atoms with van der Waals surface area (Å²) in [6.07, 6.45) is 6.70. The zero-order valence-corrected chi connectivity index (χ0v) is 9.86. The lowest BCUT2D eigenvalue weighted by atomic mass is 9.68. The molecule has 2 saturated heterocycles. The molecule has 3 fully saturated rings. The Bertz CT molecular complexity index is 250. The molecule has 1 saturated carbocycles. The summed E-state index contributed by atoms with van der Waals surface area (Å²) in [6, 6.07) is 0. The molecule has 1 N–H and O–H groups in total. The molecule has 2 aliphatic heterocycles. The molecule has 3 atom stereocenters. The zero-order chi connectivity index (χ0) is 11.0. The van der Waals surface area contributed by atoms with E-state index in [0.29, 0.717) is 11.8 Å². The van der Waals surface area contributed by atoms with Crippen molar-refractivity contribution >= 4 is 0 Å². The molecule has 1 aliphatic carbocycles. The zero-order valence-electron chi connectivity index (χ0n) is 9.86. The average Bonchev–Trinajstić information content (AvgIpc) is 2.28. The van der Waals surface area contributed by atoms with E-state index in [1.807, 2.05) is 0 Å². The predicted octanol–water partition coefficient (Wildman–Crippen LogP) is 1.73.